The molecule has 0 radical (unpaired) electrons. The van der Waals surface area contributed by atoms with Gasteiger partial charge in [-0.25, -0.2) is 0 Å². The number of benzene rings is 1. The SMILES string of the molecule is C=CC(N)=O.C=CC(N)=O.CCOC(C)OCC.COc1ccccc1C=O. The predicted octanol–water partition coefficient (Wildman–Crippen LogP) is 2.23. The van der Waals surface area contributed by atoms with Crippen molar-refractivity contribution in [3.05, 3.63) is 55.1 Å². The summed E-state index contributed by atoms with van der Waals surface area (Å²) in [6.07, 6.45) is 2.85. The molecule has 8 nitrogen and oxygen atoms in total. The summed E-state index contributed by atoms with van der Waals surface area (Å²) in [7, 11) is 1.54. The van der Waals surface area contributed by atoms with Crippen LogP contribution in [0.4, 0.5) is 0 Å². The molecular formula is C20H32N2O6. The zero-order valence-electron chi connectivity index (χ0n) is 17.1. The van der Waals surface area contributed by atoms with Crippen molar-refractivity contribution in [3.8, 4) is 5.75 Å². The highest BCUT2D eigenvalue weighted by molar-refractivity contribution is 5.85. The van der Waals surface area contributed by atoms with E-state index >= 15 is 0 Å². The number of methoxy groups -OCH3 is 1. The number of primary amides is 2. The molecule has 0 heterocycles. The normalized spacial score (nSPS) is 8.46. The number of carbonyl (C=O) groups excluding carboxylic acids is 3. The molecule has 0 atom stereocenters. The van der Waals surface area contributed by atoms with E-state index in [9.17, 15) is 14.4 Å². The van der Waals surface area contributed by atoms with Gasteiger partial charge in [0.2, 0.25) is 11.8 Å². The summed E-state index contributed by atoms with van der Waals surface area (Å²) in [6, 6.07) is 7.09. The van der Waals surface area contributed by atoms with Gasteiger partial charge in [0.05, 0.1) is 12.7 Å². The lowest BCUT2D eigenvalue weighted by Crippen LogP contribution is -2.11. The van der Waals surface area contributed by atoms with Gasteiger partial charge >= 0.3 is 0 Å². The molecule has 2 amide bonds. The van der Waals surface area contributed by atoms with E-state index in [-0.39, 0.29) is 6.29 Å². The minimum Gasteiger partial charge on any atom is -0.496 e. The van der Waals surface area contributed by atoms with Crippen LogP contribution in [-0.4, -0.2) is 44.7 Å². The van der Waals surface area contributed by atoms with Gasteiger partial charge in [-0.3, -0.25) is 14.4 Å². The highest BCUT2D eigenvalue weighted by atomic mass is 16.7. The molecule has 0 spiro atoms. The Bertz CT molecular complexity index is 552. The van der Waals surface area contributed by atoms with E-state index < -0.39 is 11.8 Å². The number of nitrogens with two attached hydrogens (primary N) is 2. The first-order valence-corrected chi connectivity index (χ1v) is 8.38. The highest BCUT2D eigenvalue weighted by Crippen LogP contribution is 2.13. The van der Waals surface area contributed by atoms with Crippen LogP contribution in [0, 0.1) is 0 Å². The second-order valence-electron chi connectivity index (χ2n) is 4.55. The Hall–Kier alpha value is -2.97. The van der Waals surface area contributed by atoms with Crippen molar-refractivity contribution in [1.82, 2.24) is 0 Å². The number of ether oxygens (including phenoxy) is 3. The number of hydrogen-bond acceptors (Lipinski definition) is 6. The van der Waals surface area contributed by atoms with E-state index in [0.29, 0.717) is 11.3 Å². The van der Waals surface area contributed by atoms with Crippen molar-refractivity contribution in [1.29, 1.82) is 0 Å². The van der Waals surface area contributed by atoms with Crippen molar-refractivity contribution in [2.24, 2.45) is 11.5 Å². The molecule has 0 aliphatic rings. The minimum absolute atomic E-state index is 0.0370. The average molecular weight is 396 g/mol. The number of para-hydroxylation sites is 1. The lowest BCUT2D eigenvalue weighted by Gasteiger charge is -2.09. The van der Waals surface area contributed by atoms with Crippen LogP contribution in [0.1, 0.15) is 31.1 Å². The van der Waals surface area contributed by atoms with Crippen molar-refractivity contribution in [2.75, 3.05) is 20.3 Å². The topological polar surface area (TPSA) is 131 Å². The van der Waals surface area contributed by atoms with E-state index in [4.69, 9.17) is 14.2 Å². The summed E-state index contributed by atoms with van der Waals surface area (Å²) in [4.78, 5) is 29.3. The molecule has 4 N–H and O–H groups in total. The highest BCUT2D eigenvalue weighted by Gasteiger charge is 1.96. The van der Waals surface area contributed by atoms with Gasteiger partial charge in [-0.05, 0) is 45.1 Å². The van der Waals surface area contributed by atoms with Gasteiger partial charge in [-0.15, -0.1) is 0 Å². The number of carbonyl (C=O) groups is 3. The lowest BCUT2D eigenvalue weighted by atomic mass is 10.2. The molecule has 1 aromatic carbocycles. The predicted molar refractivity (Wildman–Crippen MR) is 110 cm³/mol. The lowest BCUT2D eigenvalue weighted by molar-refractivity contribution is -0.123. The van der Waals surface area contributed by atoms with E-state index in [1.807, 2.05) is 26.8 Å². The number of rotatable bonds is 8. The molecule has 0 aliphatic carbocycles. The van der Waals surface area contributed by atoms with Gasteiger partial charge in [0.1, 0.15) is 5.75 Å². The van der Waals surface area contributed by atoms with Gasteiger partial charge in [-0.1, -0.05) is 25.3 Å². The monoisotopic (exact) mass is 396 g/mol. The van der Waals surface area contributed by atoms with Crippen LogP contribution in [0.15, 0.2) is 49.6 Å². The molecule has 0 aromatic heterocycles. The summed E-state index contributed by atoms with van der Waals surface area (Å²) in [6.45, 7) is 13.4. The Morgan fingerprint density at radius 2 is 1.43 bits per heavy atom. The molecule has 0 bridgehead atoms. The quantitative estimate of drug-likeness (QED) is 0.393. The summed E-state index contributed by atoms with van der Waals surface area (Å²) < 4.78 is 15.0. The third-order valence-corrected chi connectivity index (χ3v) is 2.47. The third kappa shape index (κ3) is 23.0. The Morgan fingerprint density at radius 3 is 1.68 bits per heavy atom. The van der Waals surface area contributed by atoms with Gasteiger partial charge < -0.3 is 25.7 Å². The number of hydrogen-bond donors (Lipinski definition) is 2. The van der Waals surface area contributed by atoms with Crippen LogP contribution in [0.25, 0.3) is 0 Å². The summed E-state index contributed by atoms with van der Waals surface area (Å²) in [5.41, 5.74) is 9.66. The molecule has 0 fully saturated rings. The molecule has 0 aliphatic heterocycles. The second-order valence-corrected chi connectivity index (χ2v) is 4.55. The molecular weight excluding hydrogens is 364 g/mol. The molecule has 1 rings (SSSR count). The van der Waals surface area contributed by atoms with Crippen LogP contribution < -0.4 is 16.2 Å². The standard InChI is InChI=1S/C8H8O2.C6H14O2.2C3H5NO/c1-10-8-5-3-2-4-7(8)6-9;1-4-7-6(3)8-5-2;2*1-2-3(4)5/h2-6H,1H3;6H,4-5H2,1-3H3;2*2H,1H2,(H2,4,5). The van der Waals surface area contributed by atoms with Crippen LogP contribution in [0.5, 0.6) is 5.75 Å². The minimum atomic E-state index is -0.481. The maximum atomic E-state index is 10.3. The van der Waals surface area contributed by atoms with E-state index in [0.717, 1.165) is 31.7 Å². The fourth-order valence-corrected chi connectivity index (χ4v) is 1.28. The second kappa shape index (κ2) is 22.1. The van der Waals surface area contributed by atoms with Crippen molar-refractivity contribution in [3.63, 3.8) is 0 Å². The smallest absolute Gasteiger partial charge is 0.240 e. The third-order valence-electron chi connectivity index (χ3n) is 2.47. The van der Waals surface area contributed by atoms with Gasteiger partial charge in [0, 0.05) is 13.2 Å². The molecule has 1 aromatic rings. The largest absolute Gasteiger partial charge is 0.496 e. The van der Waals surface area contributed by atoms with E-state index in [1.54, 1.807) is 25.3 Å². The van der Waals surface area contributed by atoms with Crippen molar-refractivity contribution < 1.29 is 28.6 Å². The maximum absolute atomic E-state index is 10.3. The fraction of sp³-hybridized carbons (Fsp3) is 0.350. The summed E-state index contributed by atoms with van der Waals surface area (Å²) in [5, 5.41) is 0. The number of aldehydes is 1. The van der Waals surface area contributed by atoms with E-state index in [1.165, 1.54) is 0 Å². The zero-order valence-corrected chi connectivity index (χ0v) is 17.1. The Morgan fingerprint density at radius 1 is 1.04 bits per heavy atom. The summed E-state index contributed by atoms with van der Waals surface area (Å²) in [5.74, 6) is -0.340. The number of amides is 2. The van der Waals surface area contributed by atoms with Crippen molar-refractivity contribution in [2.45, 2.75) is 27.1 Å². The molecule has 0 unspecified atom stereocenters. The van der Waals surface area contributed by atoms with E-state index in [2.05, 4.69) is 24.6 Å². The Labute approximate surface area is 167 Å². The van der Waals surface area contributed by atoms with Crippen molar-refractivity contribution >= 4 is 18.1 Å². The van der Waals surface area contributed by atoms with Gasteiger partial charge in [0.25, 0.3) is 0 Å². The maximum Gasteiger partial charge on any atom is 0.240 e. The molecule has 0 saturated heterocycles. The first-order valence-electron chi connectivity index (χ1n) is 8.38. The van der Waals surface area contributed by atoms with Crippen LogP contribution in [0.3, 0.4) is 0 Å². The molecule has 158 valence electrons. The van der Waals surface area contributed by atoms with Crippen LogP contribution in [-0.2, 0) is 19.1 Å². The van der Waals surface area contributed by atoms with Crippen LogP contribution in [0.2, 0.25) is 0 Å². The Kier molecular flexibility index (Phi) is 23.5. The first-order chi connectivity index (χ1) is 13.2. The van der Waals surface area contributed by atoms with Crippen LogP contribution >= 0.6 is 0 Å². The molecule has 0 saturated carbocycles. The van der Waals surface area contributed by atoms with Gasteiger partial charge in [-0.2, -0.15) is 0 Å². The first kappa shape index (κ1) is 29.8. The molecule has 28 heavy (non-hydrogen) atoms. The summed E-state index contributed by atoms with van der Waals surface area (Å²) >= 11 is 0. The van der Waals surface area contributed by atoms with Gasteiger partial charge in [0.15, 0.2) is 12.6 Å². The average Bonchev–Trinajstić information content (AvgIpc) is 2.69. The zero-order chi connectivity index (χ0) is 22.4. The Balaban J connectivity index is -0.000000313. The molecule has 8 heteroatoms. The fourth-order valence-electron chi connectivity index (χ4n) is 1.28.